The number of fused-ring (bicyclic) bond motifs is 2. The van der Waals surface area contributed by atoms with E-state index in [0.29, 0.717) is 17.7 Å². The van der Waals surface area contributed by atoms with Gasteiger partial charge in [0.2, 0.25) is 5.95 Å². The van der Waals surface area contributed by atoms with Crippen LogP contribution in [0.4, 0.5) is 11.8 Å². The van der Waals surface area contributed by atoms with E-state index in [1.54, 1.807) is 0 Å². The monoisotopic (exact) mass is 466 g/mol. The molecule has 1 atom stereocenters. The molecule has 2 fully saturated rings. The standard InChI is InChI=1S/C28H30N6O/c1-34(2)25-20-8-4-6-10-22(20)31-27(33-25)32-24-17-28(24)15-13-19(14-16-28)29-26(35)23-12-11-18-7-3-5-9-21(18)30-23/h3-12,19,24H,13-17H2,1-2H3,(H,29,35)(H,31,32,33). The van der Waals surface area contributed by atoms with Crippen LogP contribution in [0.5, 0.6) is 0 Å². The Balaban J connectivity index is 1.08. The van der Waals surface area contributed by atoms with Crippen LogP contribution < -0.4 is 15.5 Å². The van der Waals surface area contributed by atoms with Crippen molar-refractivity contribution in [3.63, 3.8) is 0 Å². The molecule has 2 saturated carbocycles. The van der Waals surface area contributed by atoms with Gasteiger partial charge in [-0.3, -0.25) is 4.79 Å². The van der Waals surface area contributed by atoms with Gasteiger partial charge in [0.05, 0.1) is 11.0 Å². The van der Waals surface area contributed by atoms with Gasteiger partial charge < -0.3 is 15.5 Å². The maximum atomic E-state index is 12.8. The Morgan fingerprint density at radius 2 is 1.66 bits per heavy atom. The number of anilines is 2. The molecule has 2 aromatic carbocycles. The van der Waals surface area contributed by atoms with Crippen LogP contribution in [0.2, 0.25) is 0 Å². The Kier molecular flexibility index (Phi) is 5.28. The van der Waals surface area contributed by atoms with Gasteiger partial charge in [-0.25, -0.2) is 9.97 Å². The zero-order chi connectivity index (χ0) is 24.0. The molecule has 7 nitrogen and oxygen atoms in total. The minimum atomic E-state index is -0.0806. The van der Waals surface area contributed by atoms with Gasteiger partial charge in [0.1, 0.15) is 11.5 Å². The van der Waals surface area contributed by atoms with E-state index in [9.17, 15) is 4.79 Å². The van der Waals surface area contributed by atoms with Crippen LogP contribution in [0.3, 0.4) is 0 Å². The highest BCUT2D eigenvalue weighted by Gasteiger charge is 2.55. The van der Waals surface area contributed by atoms with E-state index in [4.69, 9.17) is 9.97 Å². The molecule has 7 heteroatoms. The summed E-state index contributed by atoms with van der Waals surface area (Å²) < 4.78 is 0. The van der Waals surface area contributed by atoms with E-state index < -0.39 is 0 Å². The van der Waals surface area contributed by atoms with Crippen LogP contribution >= 0.6 is 0 Å². The van der Waals surface area contributed by atoms with Crippen LogP contribution in [-0.2, 0) is 0 Å². The SMILES string of the molecule is CN(C)c1nc(NC2CC23CCC(NC(=O)c2ccc4ccccc4n2)CC3)nc2ccccc12. The number of hydrogen-bond acceptors (Lipinski definition) is 6. The molecule has 0 radical (unpaired) electrons. The highest BCUT2D eigenvalue weighted by molar-refractivity contribution is 5.95. The predicted octanol–water partition coefficient (Wildman–Crippen LogP) is 4.79. The summed E-state index contributed by atoms with van der Waals surface area (Å²) in [5, 5.41) is 8.94. The molecular formula is C28H30N6O. The summed E-state index contributed by atoms with van der Waals surface area (Å²) in [6, 6.07) is 20.4. The lowest BCUT2D eigenvalue weighted by molar-refractivity contribution is 0.0914. The smallest absolute Gasteiger partial charge is 0.270 e. The van der Waals surface area contributed by atoms with Crippen molar-refractivity contribution in [1.29, 1.82) is 0 Å². The van der Waals surface area contributed by atoms with Crippen molar-refractivity contribution in [2.24, 2.45) is 5.41 Å². The number of carbonyl (C=O) groups is 1. The first-order chi connectivity index (χ1) is 17.0. The summed E-state index contributed by atoms with van der Waals surface area (Å²) in [4.78, 5) is 29.0. The van der Waals surface area contributed by atoms with Gasteiger partial charge in [0, 0.05) is 37.0 Å². The second kappa shape index (κ2) is 8.48. The van der Waals surface area contributed by atoms with E-state index in [1.165, 1.54) is 0 Å². The highest BCUT2D eigenvalue weighted by atomic mass is 16.1. The number of rotatable bonds is 5. The van der Waals surface area contributed by atoms with Crippen molar-refractivity contribution in [2.75, 3.05) is 24.3 Å². The lowest BCUT2D eigenvalue weighted by Crippen LogP contribution is -2.39. The second-order valence-electron chi connectivity index (χ2n) is 10.2. The van der Waals surface area contributed by atoms with Gasteiger partial charge in [0.15, 0.2) is 0 Å². The fraction of sp³-hybridized carbons (Fsp3) is 0.357. The molecule has 2 aromatic heterocycles. The van der Waals surface area contributed by atoms with Crippen LogP contribution in [0.25, 0.3) is 21.8 Å². The molecule has 1 amide bonds. The average molecular weight is 467 g/mol. The normalized spacial score (nSPS) is 23.4. The van der Waals surface area contributed by atoms with Gasteiger partial charge in [-0.15, -0.1) is 0 Å². The van der Waals surface area contributed by atoms with Gasteiger partial charge in [-0.2, -0.15) is 4.98 Å². The molecular weight excluding hydrogens is 436 g/mol. The topological polar surface area (TPSA) is 83.0 Å². The van der Waals surface area contributed by atoms with E-state index in [1.807, 2.05) is 73.6 Å². The number of para-hydroxylation sites is 2. The Hall–Kier alpha value is -3.74. The van der Waals surface area contributed by atoms with Gasteiger partial charge in [0.25, 0.3) is 5.91 Å². The van der Waals surface area contributed by atoms with E-state index >= 15 is 0 Å². The molecule has 2 aliphatic carbocycles. The number of pyridine rings is 1. The summed E-state index contributed by atoms with van der Waals surface area (Å²) >= 11 is 0. The lowest BCUT2D eigenvalue weighted by atomic mass is 9.82. The van der Waals surface area contributed by atoms with E-state index in [0.717, 1.165) is 59.7 Å². The van der Waals surface area contributed by atoms with Crippen molar-refractivity contribution in [1.82, 2.24) is 20.3 Å². The molecule has 35 heavy (non-hydrogen) atoms. The van der Waals surface area contributed by atoms with Crippen molar-refractivity contribution in [3.05, 3.63) is 66.4 Å². The van der Waals surface area contributed by atoms with Crippen LogP contribution in [-0.4, -0.2) is 47.0 Å². The number of benzene rings is 2. The third-order valence-corrected chi connectivity index (χ3v) is 7.65. The molecule has 178 valence electrons. The molecule has 0 bridgehead atoms. The molecule has 0 aliphatic heterocycles. The van der Waals surface area contributed by atoms with Crippen LogP contribution in [0.15, 0.2) is 60.7 Å². The summed E-state index contributed by atoms with van der Waals surface area (Å²) in [5.41, 5.74) is 2.58. The molecule has 4 aromatic rings. The molecule has 2 N–H and O–H groups in total. The van der Waals surface area contributed by atoms with Gasteiger partial charge >= 0.3 is 0 Å². The van der Waals surface area contributed by atoms with E-state index in [2.05, 4.69) is 21.7 Å². The summed E-state index contributed by atoms with van der Waals surface area (Å²) in [6.45, 7) is 0. The highest BCUT2D eigenvalue weighted by Crippen LogP contribution is 2.57. The average Bonchev–Trinajstić information content (AvgIpc) is 3.55. The molecule has 6 rings (SSSR count). The molecule has 2 heterocycles. The third kappa shape index (κ3) is 4.16. The Morgan fingerprint density at radius 3 is 2.46 bits per heavy atom. The quantitative estimate of drug-likeness (QED) is 0.440. The second-order valence-corrected chi connectivity index (χ2v) is 10.2. The first kappa shape index (κ1) is 21.8. The maximum absolute atomic E-state index is 12.8. The van der Waals surface area contributed by atoms with Crippen molar-refractivity contribution in [3.8, 4) is 0 Å². The number of amides is 1. The largest absolute Gasteiger partial charge is 0.362 e. The Morgan fingerprint density at radius 1 is 0.914 bits per heavy atom. The summed E-state index contributed by atoms with van der Waals surface area (Å²) in [6.07, 6.45) is 5.29. The first-order valence-electron chi connectivity index (χ1n) is 12.4. The van der Waals surface area contributed by atoms with Crippen molar-refractivity contribution in [2.45, 2.75) is 44.2 Å². The summed E-state index contributed by atoms with van der Waals surface area (Å²) in [7, 11) is 4.03. The first-order valence-corrected chi connectivity index (χ1v) is 12.4. The number of aromatic nitrogens is 3. The van der Waals surface area contributed by atoms with E-state index in [-0.39, 0.29) is 17.4 Å². The zero-order valence-corrected chi connectivity index (χ0v) is 20.2. The minimum absolute atomic E-state index is 0.0806. The molecule has 2 aliphatic rings. The maximum Gasteiger partial charge on any atom is 0.270 e. The Labute approximate surface area is 205 Å². The fourth-order valence-electron chi connectivity index (χ4n) is 5.51. The predicted molar refractivity (Wildman–Crippen MR) is 140 cm³/mol. The Bertz CT molecular complexity index is 1410. The number of nitrogens with one attached hydrogen (secondary N) is 2. The lowest BCUT2D eigenvalue weighted by Gasteiger charge is -2.30. The minimum Gasteiger partial charge on any atom is -0.362 e. The molecule has 1 spiro atoms. The molecule has 0 saturated heterocycles. The fourth-order valence-corrected chi connectivity index (χ4v) is 5.51. The molecule has 1 unspecified atom stereocenters. The third-order valence-electron chi connectivity index (χ3n) is 7.65. The zero-order valence-electron chi connectivity index (χ0n) is 20.2. The number of hydrogen-bond donors (Lipinski definition) is 2. The van der Waals surface area contributed by atoms with Gasteiger partial charge in [-0.05, 0) is 61.8 Å². The number of nitrogens with zero attached hydrogens (tertiary/aromatic N) is 4. The summed E-state index contributed by atoms with van der Waals surface area (Å²) in [5.74, 6) is 1.55. The van der Waals surface area contributed by atoms with Crippen LogP contribution in [0.1, 0.15) is 42.6 Å². The van der Waals surface area contributed by atoms with Crippen molar-refractivity contribution >= 4 is 39.5 Å². The van der Waals surface area contributed by atoms with Crippen molar-refractivity contribution < 1.29 is 4.79 Å². The van der Waals surface area contributed by atoms with Gasteiger partial charge in [-0.1, -0.05) is 36.4 Å². The van der Waals surface area contributed by atoms with Crippen LogP contribution in [0, 0.1) is 5.41 Å². The number of carbonyl (C=O) groups excluding carboxylic acids is 1.